The maximum atomic E-state index is 12.0. The highest BCUT2D eigenvalue weighted by Crippen LogP contribution is 2.34. The van der Waals surface area contributed by atoms with Crippen molar-refractivity contribution in [2.75, 3.05) is 11.9 Å². The van der Waals surface area contributed by atoms with Crippen LogP contribution in [-0.2, 0) is 4.79 Å². The molecule has 0 spiro atoms. The van der Waals surface area contributed by atoms with Gasteiger partial charge in [0.2, 0.25) is 11.0 Å². The number of aromatic nitrogens is 2. The van der Waals surface area contributed by atoms with Crippen molar-refractivity contribution in [1.82, 2.24) is 10.2 Å². The van der Waals surface area contributed by atoms with Gasteiger partial charge in [0, 0.05) is 23.0 Å². The summed E-state index contributed by atoms with van der Waals surface area (Å²) in [5.74, 6) is 0.350. The van der Waals surface area contributed by atoms with Crippen LogP contribution in [0.15, 0.2) is 28.7 Å². The highest BCUT2D eigenvalue weighted by molar-refractivity contribution is 9.10. The van der Waals surface area contributed by atoms with Gasteiger partial charge in [0.05, 0.1) is 0 Å². The van der Waals surface area contributed by atoms with E-state index in [9.17, 15) is 4.79 Å². The van der Waals surface area contributed by atoms with Crippen LogP contribution in [0.1, 0.15) is 12.8 Å². The van der Waals surface area contributed by atoms with Crippen LogP contribution in [-0.4, -0.2) is 23.2 Å². The van der Waals surface area contributed by atoms with E-state index in [0.29, 0.717) is 5.13 Å². The Bertz CT molecular complexity index is 607. The first-order valence-electron chi connectivity index (χ1n) is 6.02. The van der Waals surface area contributed by atoms with E-state index in [1.54, 1.807) is 11.9 Å². The molecule has 0 radical (unpaired) electrons. The Morgan fingerprint density at radius 3 is 2.63 bits per heavy atom. The minimum Gasteiger partial charge on any atom is -0.290 e. The summed E-state index contributed by atoms with van der Waals surface area (Å²) in [6.45, 7) is 0. The fourth-order valence-corrected chi connectivity index (χ4v) is 2.84. The molecule has 0 N–H and O–H groups in total. The van der Waals surface area contributed by atoms with Gasteiger partial charge in [-0.15, -0.1) is 10.2 Å². The molecule has 3 rings (SSSR count). The number of amides is 1. The molecule has 98 valence electrons. The van der Waals surface area contributed by atoms with E-state index in [2.05, 4.69) is 26.1 Å². The van der Waals surface area contributed by atoms with Gasteiger partial charge in [0.25, 0.3) is 0 Å². The van der Waals surface area contributed by atoms with Gasteiger partial charge >= 0.3 is 0 Å². The highest BCUT2D eigenvalue weighted by Gasteiger charge is 2.33. The summed E-state index contributed by atoms with van der Waals surface area (Å²) in [6.07, 6.45) is 2.00. The van der Waals surface area contributed by atoms with E-state index in [0.717, 1.165) is 27.9 Å². The van der Waals surface area contributed by atoms with Gasteiger partial charge in [-0.1, -0.05) is 39.4 Å². The van der Waals surface area contributed by atoms with Gasteiger partial charge in [-0.25, -0.2) is 0 Å². The van der Waals surface area contributed by atoms with Crippen molar-refractivity contribution in [3.05, 3.63) is 28.7 Å². The highest BCUT2D eigenvalue weighted by atomic mass is 79.9. The summed E-state index contributed by atoms with van der Waals surface area (Å²) in [5.41, 5.74) is 1.01. The molecule has 1 heterocycles. The van der Waals surface area contributed by atoms with Gasteiger partial charge in [-0.2, -0.15) is 0 Å². The molecular weight excluding hydrogens is 326 g/mol. The van der Waals surface area contributed by atoms with Crippen LogP contribution in [0, 0.1) is 5.92 Å². The van der Waals surface area contributed by atoms with Crippen molar-refractivity contribution in [1.29, 1.82) is 0 Å². The third-order valence-electron chi connectivity index (χ3n) is 3.05. The van der Waals surface area contributed by atoms with Gasteiger partial charge in [0.1, 0.15) is 5.01 Å². The molecule has 1 aliphatic rings. The molecule has 1 saturated carbocycles. The zero-order valence-corrected chi connectivity index (χ0v) is 12.7. The number of benzene rings is 1. The van der Waals surface area contributed by atoms with Gasteiger partial charge < -0.3 is 0 Å². The fourth-order valence-electron chi connectivity index (χ4n) is 1.76. The molecule has 1 aliphatic carbocycles. The second kappa shape index (κ2) is 5.02. The zero-order valence-electron chi connectivity index (χ0n) is 10.3. The lowest BCUT2D eigenvalue weighted by Crippen LogP contribution is -2.27. The second-order valence-electron chi connectivity index (χ2n) is 4.57. The predicted octanol–water partition coefficient (Wildman–Crippen LogP) is 3.34. The molecule has 1 aromatic heterocycles. The van der Waals surface area contributed by atoms with Crippen LogP contribution in [0.4, 0.5) is 5.13 Å². The number of carbonyl (C=O) groups excluding carboxylic acids is 1. The monoisotopic (exact) mass is 337 g/mol. The minimum atomic E-state index is 0.151. The summed E-state index contributed by atoms with van der Waals surface area (Å²) in [6, 6.07) is 7.90. The molecule has 1 fully saturated rings. The number of hydrogen-bond donors (Lipinski definition) is 0. The minimum absolute atomic E-state index is 0.151. The van der Waals surface area contributed by atoms with E-state index in [-0.39, 0.29) is 11.8 Å². The largest absolute Gasteiger partial charge is 0.290 e. The third kappa shape index (κ3) is 2.69. The molecule has 0 atom stereocenters. The first kappa shape index (κ1) is 12.7. The predicted molar refractivity (Wildman–Crippen MR) is 79.2 cm³/mol. The molecule has 0 aliphatic heterocycles. The summed E-state index contributed by atoms with van der Waals surface area (Å²) in [7, 11) is 1.77. The van der Waals surface area contributed by atoms with Crippen molar-refractivity contribution in [3.8, 4) is 10.6 Å². The van der Waals surface area contributed by atoms with Crippen LogP contribution in [0.25, 0.3) is 10.6 Å². The Hall–Kier alpha value is -1.27. The molecule has 1 amide bonds. The SMILES string of the molecule is CN(C(=O)C1CC1)c1nnc(-c2ccc(Br)cc2)s1. The Morgan fingerprint density at radius 1 is 1.32 bits per heavy atom. The topological polar surface area (TPSA) is 46.1 Å². The smallest absolute Gasteiger partial charge is 0.231 e. The zero-order chi connectivity index (χ0) is 13.4. The molecule has 0 saturated heterocycles. The third-order valence-corrected chi connectivity index (χ3v) is 4.63. The maximum absolute atomic E-state index is 12.0. The quantitative estimate of drug-likeness (QED) is 0.862. The standard InChI is InChI=1S/C13H12BrN3OS/c1-17(12(18)9-2-3-9)13-16-15-11(19-13)8-4-6-10(14)7-5-8/h4-7,9H,2-3H2,1H3. The van der Waals surface area contributed by atoms with Crippen LogP contribution < -0.4 is 4.90 Å². The summed E-state index contributed by atoms with van der Waals surface area (Å²) >= 11 is 4.84. The number of halogens is 1. The van der Waals surface area contributed by atoms with Gasteiger partial charge in [0.15, 0.2) is 0 Å². The Balaban J connectivity index is 1.82. The van der Waals surface area contributed by atoms with Crippen LogP contribution in [0.2, 0.25) is 0 Å². The van der Waals surface area contributed by atoms with E-state index in [1.807, 2.05) is 24.3 Å². The number of nitrogens with zero attached hydrogens (tertiary/aromatic N) is 3. The number of carbonyl (C=O) groups is 1. The molecule has 1 aromatic carbocycles. The van der Waals surface area contributed by atoms with Gasteiger partial charge in [-0.05, 0) is 25.0 Å². The van der Waals surface area contributed by atoms with Crippen LogP contribution >= 0.6 is 27.3 Å². The van der Waals surface area contributed by atoms with Gasteiger partial charge in [-0.3, -0.25) is 9.69 Å². The summed E-state index contributed by atoms with van der Waals surface area (Å²) < 4.78 is 1.03. The first-order chi connectivity index (χ1) is 9.15. The molecule has 6 heteroatoms. The molecule has 4 nitrogen and oxygen atoms in total. The van der Waals surface area contributed by atoms with Crippen LogP contribution in [0.3, 0.4) is 0 Å². The average molecular weight is 338 g/mol. The molecule has 0 bridgehead atoms. The summed E-state index contributed by atoms with van der Waals surface area (Å²) in [5, 5.41) is 9.76. The Labute approximate surface area is 123 Å². The molecule has 0 unspecified atom stereocenters. The van der Waals surface area contributed by atoms with Crippen molar-refractivity contribution in [2.24, 2.45) is 5.92 Å². The number of anilines is 1. The number of rotatable bonds is 3. The Morgan fingerprint density at radius 2 is 2.00 bits per heavy atom. The lowest BCUT2D eigenvalue weighted by Gasteiger charge is -2.11. The van der Waals surface area contributed by atoms with E-state index in [1.165, 1.54) is 11.3 Å². The lowest BCUT2D eigenvalue weighted by molar-refractivity contribution is -0.119. The van der Waals surface area contributed by atoms with Crippen molar-refractivity contribution in [2.45, 2.75) is 12.8 Å². The Kier molecular flexibility index (Phi) is 3.36. The second-order valence-corrected chi connectivity index (χ2v) is 6.44. The molecular formula is C13H12BrN3OS. The number of hydrogen-bond acceptors (Lipinski definition) is 4. The normalized spacial score (nSPS) is 14.4. The molecule has 19 heavy (non-hydrogen) atoms. The van der Waals surface area contributed by atoms with Crippen molar-refractivity contribution >= 4 is 38.3 Å². The van der Waals surface area contributed by atoms with Crippen molar-refractivity contribution in [3.63, 3.8) is 0 Å². The molecule has 2 aromatic rings. The fraction of sp³-hybridized carbons (Fsp3) is 0.308. The average Bonchev–Trinajstić information content (AvgIpc) is 3.16. The van der Waals surface area contributed by atoms with E-state index >= 15 is 0 Å². The van der Waals surface area contributed by atoms with E-state index in [4.69, 9.17) is 0 Å². The maximum Gasteiger partial charge on any atom is 0.231 e. The summed E-state index contributed by atoms with van der Waals surface area (Å²) in [4.78, 5) is 13.6. The van der Waals surface area contributed by atoms with Crippen LogP contribution in [0.5, 0.6) is 0 Å². The lowest BCUT2D eigenvalue weighted by atomic mass is 10.2. The van der Waals surface area contributed by atoms with Crippen molar-refractivity contribution < 1.29 is 4.79 Å². The first-order valence-corrected chi connectivity index (χ1v) is 7.63. The van der Waals surface area contributed by atoms with E-state index < -0.39 is 0 Å².